The molecule has 3 aromatic rings. The fourth-order valence-corrected chi connectivity index (χ4v) is 6.25. The molecule has 0 saturated carbocycles. The van der Waals surface area contributed by atoms with Gasteiger partial charge in [-0.25, -0.2) is 9.18 Å². The van der Waals surface area contributed by atoms with Crippen molar-refractivity contribution in [1.82, 2.24) is 5.32 Å². The molecule has 7 nitrogen and oxygen atoms in total. The van der Waals surface area contributed by atoms with Crippen LogP contribution in [0.1, 0.15) is 40.9 Å². The van der Waals surface area contributed by atoms with Crippen LogP contribution in [0, 0.1) is 18.7 Å². The molecule has 0 aromatic heterocycles. The second kappa shape index (κ2) is 13.3. The number of anilines is 1. The molecule has 1 saturated heterocycles. The molecule has 1 heterocycles. The van der Waals surface area contributed by atoms with E-state index in [4.69, 9.17) is 4.74 Å². The number of aryl methyl sites for hydroxylation is 1. The molecule has 1 aliphatic carbocycles. The molecule has 2 N–H and O–H groups in total. The van der Waals surface area contributed by atoms with E-state index in [1.165, 1.54) is 45.0 Å². The molecule has 1 unspecified atom stereocenters. The van der Waals surface area contributed by atoms with Crippen molar-refractivity contribution in [3.05, 3.63) is 93.8 Å². The normalized spacial score (nSPS) is 19.6. The smallest absolute Gasteiger partial charge is 0.417 e. The van der Waals surface area contributed by atoms with Gasteiger partial charge in [0, 0.05) is 30.1 Å². The first-order chi connectivity index (χ1) is 22.9. The first kappa shape index (κ1) is 35.6. The second-order valence-corrected chi connectivity index (χ2v) is 12.1. The molecule has 14 heteroatoms. The number of ketones is 1. The van der Waals surface area contributed by atoms with Crippen molar-refractivity contribution in [2.75, 3.05) is 24.7 Å². The van der Waals surface area contributed by atoms with Gasteiger partial charge in [0.05, 0.1) is 24.4 Å². The van der Waals surface area contributed by atoms with Crippen molar-refractivity contribution in [3.63, 3.8) is 0 Å². The molecule has 49 heavy (non-hydrogen) atoms. The molecule has 2 aliphatic rings. The molecule has 1 fully saturated rings. The number of benzene rings is 3. The van der Waals surface area contributed by atoms with Crippen molar-refractivity contribution >= 4 is 39.7 Å². The monoisotopic (exact) mass is 692 g/mol. The highest BCUT2D eigenvalue weighted by molar-refractivity contribution is 6.27. The highest BCUT2D eigenvalue weighted by Gasteiger charge is 2.46. The molecule has 5 rings (SSSR count). The number of halogens is 7. The molecule has 3 atom stereocenters. The van der Waals surface area contributed by atoms with E-state index in [9.17, 15) is 45.8 Å². The van der Waals surface area contributed by atoms with E-state index in [0.29, 0.717) is 10.9 Å². The zero-order chi connectivity index (χ0) is 36.0. The van der Waals surface area contributed by atoms with Crippen LogP contribution in [0.15, 0.2) is 65.8 Å². The number of aliphatic carboxylic acids is 1. The Bertz CT molecular complexity index is 1870. The lowest BCUT2D eigenvalue weighted by Crippen LogP contribution is -2.53. The number of ether oxygens (including phenoxy) is 1. The number of hydrogen-bond donors (Lipinski definition) is 2. The summed E-state index contributed by atoms with van der Waals surface area (Å²) in [6, 6.07) is 7.17. The van der Waals surface area contributed by atoms with Crippen LogP contribution >= 0.6 is 0 Å². The highest BCUT2D eigenvalue weighted by atomic mass is 19.4. The summed E-state index contributed by atoms with van der Waals surface area (Å²) in [5.41, 5.74) is -1.75. The van der Waals surface area contributed by atoms with E-state index >= 15 is 4.39 Å². The van der Waals surface area contributed by atoms with Gasteiger partial charge >= 0.3 is 18.3 Å². The molecule has 0 spiro atoms. The molecule has 3 aromatic carbocycles. The van der Waals surface area contributed by atoms with Gasteiger partial charge in [-0.2, -0.15) is 26.3 Å². The van der Waals surface area contributed by atoms with Gasteiger partial charge in [-0.05, 0) is 59.5 Å². The Labute approximate surface area is 276 Å². The van der Waals surface area contributed by atoms with Gasteiger partial charge in [0.25, 0.3) is 5.91 Å². The van der Waals surface area contributed by atoms with Crippen molar-refractivity contribution in [3.8, 4) is 0 Å². The van der Waals surface area contributed by atoms with Crippen LogP contribution in [0.4, 0.5) is 36.4 Å². The lowest BCUT2D eigenvalue weighted by Gasteiger charge is -2.38. The van der Waals surface area contributed by atoms with E-state index in [2.05, 4.69) is 5.32 Å². The van der Waals surface area contributed by atoms with Crippen LogP contribution in [0.2, 0.25) is 0 Å². The van der Waals surface area contributed by atoms with Crippen LogP contribution < -0.4 is 10.2 Å². The third-order valence-electron chi connectivity index (χ3n) is 8.92. The summed E-state index contributed by atoms with van der Waals surface area (Å²) in [5.74, 6) is -5.32. The number of carbonyl (C=O) groups is 3. The van der Waals surface area contributed by atoms with Crippen molar-refractivity contribution < 1.29 is 55.0 Å². The Hall–Kier alpha value is -4.72. The predicted molar refractivity (Wildman–Crippen MR) is 167 cm³/mol. The Morgan fingerprint density at radius 2 is 1.71 bits per heavy atom. The van der Waals surface area contributed by atoms with Gasteiger partial charge < -0.3 is 20.1 Å². The maximum Gasteiger partial charge on any atom is 0.417 e. The molecule has 0 radical (unpaired) electrons. The number of fused-ring (bicyclic) bond motifs is 1. The zero-order valence-corrected chi connectivity index (χ0v) is 26.4. The quantitative estimate of drug-likeness (QED) is 0.260. The number of carbonyl (C=O) groups excluding carboxylic acids is 2. The van der Waals surface area contributed by atoms with Crippen LogP contribution in [0.3, 0.4) is 0 Å². The second-order valence-electron chi connectivity index (χ2n) is 12.1. The number of nitrogens with zero attached hydrogens (tertiary/aromatic N) is 1. The number of nitrogens with one attached hydrogen (secondary N) is 1. The number of alkyl halides is 6. The van der Waals surface area contributed by atoms with Crippen molar-refractivity contribution in [2.24, 2.45) is 5.92 Å². The van der Waals surface area contributed by atoms with Gasteiger partial charge in [-0.3, -0.25) is 9.59 Å². The number of carboxylic acid groups (broad SMARTS) is 1. The molecule has 0 bridgehead atoms. The number of carboxylic acids is 1. The van der Waals surface area contributed by atoms with Crippen molar-refractivity contribution in [2.45, 2.75) is 51.6 Å². The van der Waals surface area contributed by atoms with Crippen LogP contribution in [0.5, 0.6) is 0 Å². The third kappa shape index (κ3) is 7.05. The largest absolute Gasteiger partial charge is 0.480 e. The van der Waals surface area contributed by atoms with Crippen LogP contribution in [0.25, 0.3) is 16.3 Å². The number of allylic oxidation sites excluding steroid dienone is 4. The van der Waals surface area contributed by atoms with E-state index in [1.54, 1.807) is 18.2 Å². The Kier molecular flexibility index (Phi) is 9.66. The standard InChI is InChI=1S/C35H31F7N2O5/c1-17-13-25(34(37,38)39)30(31(45)19(17)3)24-9-8-20(22-6-4-5-7-23(22)24)14-27(33(47)48)43-32(46)29-18(2)12-21(15-26(29)36)44-10-11-49-16-28(44)35(40,41)42/h4-9,12-13,15,19,27-28H,10-11,14,16H2,1-3H3,(H,43,46)(H,47,48)/t19?,27-,28+/m0/s1. The minimum atomic E-state index is -4.83. The maximum absolute atomic E-state index is 15.4. The summed E-state index contributed by atoms with van der Waals surface area (Å²) in [4.78, 5) is 39.8. The van der Waals surface area contributed by atoms with Crippen LogP contribution in [-0.4, -0.2) is 67.0 Å². The Balaban J connectivity index is 1.47. The van der Waals surface area contributed by atoms with Gasteiger partial charge in [0.1, 0.15) is 17.9 Å². The van der Waals surface area contributed by atoms with Gasteiger partial charge in [-0.1, -0.05) is 48.9 Å². The Morgan fingerprint density at radius 3 is 2.33 bits per heavy atom. The lowest BCUT2D eigenvalue weighted by atomic mass is 9.79. The zero-order valence-electron chi connectivity index (χ0n) is 26.4. The summed E-state index contributed by atoms with van der Waals surface area (Å²) in [6.07, 6.45) is -8.94. The minimum absolute atomic E-state index is 0.00833. The van der Waals surface area contributed by atoms with E-state index < -0.39 is 77.1 Å². The molecule has 1 amide bonds. The predicted octanol–water partition coefficient (Wildman–Crippen LogP) is 6.96. The van der Waals surface area contributed by atoms with Gasteiger partial charge in [-0.15, -0.1) is 0 Å². The first-order valence-electron chi connectivity index (χ1n) is 15.2. The summed E-state index contributed by atoms with van der Waals surface area (Å²) in [7, 11) is 0. The van der Waals surface area contributed by atoms with E-state index in [-0.39, 0.29) is 47.3 Å². The maximum atomic E-state index is 15.4. The average Bonchev–Trinajstić information content (AvgIpc) is 3.02. The SMILES string of the molecule is CC1=CC(C(F)(F)F)=C(c2ccc(C[C@H](NC(=O)c3c(C)cc(N4CCOC[C@@H]4C(F)(F)F)cc3F)C(=O)O)c3ccccc23)C(=O)C1C. The van der Waals surface area contributed by atoms with Crippen LogP contribution in [-0.2, 0) is 20.7 Å². The van der Waals surface area contributed by atoms with Crippen molar-refractivity contribution in [1.29, 1.82) is 0 Å². The first-order valence-corrected chi connectivity index (χ1v) is 15.2. The summed E-state index contributed by atoms with van der Waals surface area (Å²) in [5, 5.41) is 12.9. The highest BCUT2D eigenvalue weighted by Crippen LogP contribution is 2.42. The number of amides is 1. The molecule has 1 aliphatic heterocycles. The number of hydrogen-bond acceptors (Lipinski definition) is 5. The number of Topliss-reactive ketones (excluding diaryl/α,β-unsaturated/α-hetero) is 1. The van der Waals surface area contributed by atoms with Gasteiger partial charge in [0.2, 0.25) is 0 Å². The molecular weight excluding hydrogens is 661 g/mol. The Morgan fingerprint density at radius 1 is 1.04 bits per heavy atom. The fraction of sp³-hybridized carbons (Fsp3) is 0.343. The van der Waals surface area contributed by atoms with E-state index in [1.807, 2.05) is 0 Å². The molecular formula is C35H31F7N2O5. The van der Waals surface area contributed by atoms with Gasteiger partial charge in [0.15, 0.2) is 5.78 Å². The summed E-state index contributed by atoms with van der Waals surface area (Å²) < 4.78 is 104. The summed E-state index contributed by atoms with van der Waals surface area (Å²) >= 11 is 0. The fourth-order valence-electron chi connectivity index (χ4n) is 6.25. The topological polar surface area (TPSA) is 95.9 Å². The number of rotatable bonds is 7. The number of morpholine rings is 1. The third-order valence-corrected chi connectivity index (χ3v) is 8.92. The van der Waals surface area contributed by atoms with E-state index in [0.717, 1.165) is 17.0 Å². The average molecular weight is 693 g/mol. The summed E-state index contributed by atoms with van der Waals surface area (Å²) in [6.45, 7) is 3.40. The lowest BCUT2D eigenvalue weighted by molar-refractivity contribution is -0.167. The minimum Gasteiger partial charge on any atom is -0.480 e. The molecule has 260 valence electrons.